The quantitative estimate of drug-likeness (QED) is 0.893. The lowest BCUT2D eigenvalue weighted by Crippen LogP contribution is -2.26. The molecule has 4 nitrogen and oxygen atoms in total. The monoisotopic (exact) mass is 322 g/mol. The minimum absolute atomic E-state index is 0. The zero-order valence-electron chi connectivity index (χ0n) is 9.37. The van der Waals surface area contributed by atoms with Crippen LogP contribution in [0.3, 0.4) is 0 Å². The van der Waals surface area contributed by atoms with Crippen molar-refractivity contribution in [3.05, 3.63) is 22.6 Å². The maximum absolute atomic E-state index is 11.6. The summed E-state index contributed by atoms with van der Waals surface area (Å²) in [6.45, 7) is 2.88. The molecule has 0 aliphatic carbocycles. The fourth-order valence-corrected chi connectivity index (χ4v) is 2.18. The minimum atomic E-state index is -0.142. The second-order valence-corrected chi connectivity index (χ2v) is 4.79. The van der Waals surface area contributed by atoms with Crippen LogP contribution in [-0.4, -0.2) is 25.5 Å². The molecule has 17 heavy (non-hydrogen) atoms. The Balaban J connectivity index is 0.00000144. The summed E-state index contributed by atoms with van der Waals surface area (Å²) >= 11 is 3.17. The van der Waals surface area contributed by atoms with E-state index in [4.69, 9.17) is 4.42 Å². The molecule has 96 valence electrons. The van der Waals surface area contributed by atoms with Crippen LogP contribution in [0.1, 0.15) is 23.4 Å². The van der Waals surface area contributed by atoms with E-state index in [-0.39, 0.29) is 18.3 Å². The maximum Gasteiger partial charge on any atom is 0.287 e. The van der Waals surface area contributed by atoms with Gasteiger partial charge in [0.1, 0.15) is 0 Å². The Hall–Kier alpha value is -0.520. The van der Waals surface area contributed by atoms with Gasteiger partial charge in [-0.2, -0.15) is 0 Å². The number of halogens is 2. The molecule has 1 amide bonds. The second kappa shape index (κ2) is 7.03. The number of hydrogen-bond acceptors (Lipinski definition) is 3. The van der Waals surface area contributed by atoms with Gasteiger partial charge in [-0.1, -0.05) is 0 Å². The second-order valence-electron chi connectivity index (χ2n) is 4.01. The largest absolute Gasteiger partial charge is 0.444 e. The van der Waals surface area contributed by atoms with Gasteiger partial charge in [0.15, 0.2) is 10.4 Å². The zero-order valence-corrected chi connectivity index (χ0v) is 11.8. The van der Waals surface area contributed by atoms with Crippen molar-refractivity contribution >= 4 is 34.2 Å². The van der Waals surface area contributed by atoms with Crippen LogP contribution in [0.4, 0.5) is 0 Å². The molecule has 0 spiro atoms. The van der Waals surface area contributed by atoms with E-state index in [0.29, 0.717) is 22.9 Å². The van der Waals surface area contributed by atoms with E-state index in [1.165, 1.54) is 6.42 Å². The summed E-state index contributed by atoms with van der Waals surface area (Å²) in [5.74, 6) is 0.914. The molecule has 1 aliphatic rings. The third kappa shape index (κ3) is 4.33. The van der Waals surface area contributed by atoms with Crippen molar-refractivity contribution in [2.75, 3.05) is 19.6 Å². The fourth-order valence-electron chi connectivity index (χ4n) is 1.87. The summed E-state index contributed by atoms with van der Waals surface area (Å²) < 4.78 is 5.74. The Bertz CT molecular complexity index is 364. The number of carbonyl (C=O) groups is 1. The fraction of sp³-hybridized carbons (Fsp3) is 0.545. The van der Waals surface area contributed by atoms with Gasteiger partial charge in [0, 0.05) is 6.54 Å². The number of rotatable bonds is 4. The highest BCUT2D eigenvalue weighted by Gasteiger charge is 2.15. The molecule has 1 saturated heterocycles. The van der Waals surface area contributed by atoms with Crippen molar-refractivity contribution in [2.45, 2.75) is 12.8 Å². The van der Waals surface area contributed by atoms with Crippen LogP contribution in [0.25, 0.3) is 0 Å². The Morgan fingerprint density at radius 2 is 2.41 bits per heavy atom. The van der Waals surface area contributed by atoms with E-state index < -0.39 is 0 Å². The molecule has 1 atom stereocenters. The first kappa shape index (κ1) is 14.5. The van der Waals surface area contributed by atoms with Crippen LogP contribution in [0.15, 0.2) is 21.2 Å². The number of amides is 1. The van der Waals surface area contributed by atoms with Gasteiger partial charge in [0.05, 0.1) is 0 Å². The Kier molecular flexibility index (Phi) is 6.02. The van der Waals surface area contributed by atoms with Crippen molar-refractivity contribution in [3.63, 3.8) is 0 Å². The summed E-state index contributed by atoms with van der Waals surface area (Å²) in [6, 6.07) is 3.38. The molecule has 1 aromatic rings. The van der Waals surface area contributed by atoms with Crippen LogP contribution in [0, 0.1) is 5.92 Å². The smallest absolute Gasteiger partial charge is 0.287 e. The number of furan rings is 1. The van der Waals surface area contributed by atoms with E-state index in [2.05, 4.69) is 26.6 Å². The first-order valence-electron chi connectivity index (χ1n) is 5.50. The van der Waals surface area contributed by atoms with Gasteiger partial charge in [-0.3, -0.25) is 4.79 Å². The molecular weight excluding hydrogens is 307 g/mol. The molecule has 2 N–H and O–H groups in total. The summed E-state index contributed by atoms with van der Waals surface area (Å²) in [7, 11) is 0. The molecule has 2 heterocycles. The summed E-state index contributed by atoms with van der Waals surface area (Å²) in [5, 5.41) is 6.17. The van der Waals surface area contributed by atoms with E-state index in [1.54, 1.807) is 12.1 Å². The Morgan fingerprint density at radius 1 is 1.59 bits per heavy atom. The standard InChI is InChI=1S/C11H15BrN2O2.ClH/c12-10-2-1-9(16-10)11(15)14-6-4-8-3-5-13-7-8;/h1-2,8,13H,3-7H2,(H,14,15);1H. The molecular formula is C11H16BrClN2O2. The number of hydrogen-bond donors (Lipinski definition) is 2. The average molecular weight is 324 g/mol. The topological polar surface area (TPSA) is 54.3 Å². The predicted molar refractivity (Wildman–Crippen MR) is 71.6 cm³/mol. The van der Waals surface area contributed by atoms with Crippen LogP contribution in [0.5, 0.6) is 0 Å². The van der Waals surface area contributed by atoms with Crippen molar-refractivity contribution in [1.82, 2.24) is 10.6 Å². The normalized spacial score (nSPS) is 18.8. The maximum atomic E-state index is 11.6. The third-order valence-corrected chi connectivity index (χ3v) is 3.22. The molecule has 0 bridgehead atoms. The number of carbonyl (C=O) groups excluding carboxylic acids is 1. The molecule has 1 fully saturated rings. The molecule has 0 saturated carbocycles. The van der Waals surface area contributed by atoms with Gasteiger partial charge in [0.25, 0.3) is 5.91 Å². The van der Waals surface area contributed by atoms with Crippen molar-refractivity contribution in [2.24, 2.45) is 5.92 Å². The summed E-state index contributed by atoms with van der Waals surface area (Å²) in [4.78, 5) is 11.6. The van der Waals surface area contributed by atoms with Gasteiger partial charge < -0.3 is 15.1 Å². The lowest BCUT2D eigenvalue weighted by molar-refractivity contribution is 0.0922. The van der Waals surface area contributed by atoms with Crippen LogP contribution >= 0.6 is 28.3 Å². The Labute approximate surface area is 115 Å². The zero-order chi connectivity index (χ0) is 11.4. The lowest BCUT2D eigenvalue weighted by Gasteiger charge is -2.08. The molecule has 6 heteroatoms. The van der Waals surface area contributed by atoms with Gasteiger partial charge in [-0.25, -0.2) is 0 Å². The molecule has 1 aromatic heterocycles. The highest BCUT2D eigenvalue weighted by atomic mass is 79.9. The molecule has 0 aromatic carbocycles. The molecule has 2 rings (SSSR count). The van der Waals surface area contributed by atoms with Crippen LogP contribution in [-0.2, 0) is 0 Å². The van der Waals surface area contributed by atoms with Crippen molar-refractivity contribution < 1.29 is 9.21 Å². The highest BCUT2D eigenvalue weighted by Crippen LogP contribution is 2.14. The van der Waals surface area contributed by atoms with Crippen LogP contribution in [0.2, 0.25) is 0 Å². The van der Waals surface area contributed by atoms with E-state index in [9.17, 15) is 4.79 Å². The van der Waals surface area contributed by atoms with E-state index in [1.807, 2.05) is 0 Å². The molecule has 0 radical (unpaired) electrons. The minimum Gasteiger partial charge on any atom is -0.444 e. The average Bonchev–Trinajstić information content (AvgIpc) is 2.89. The van der Waals surface area contributed by atoms with Crippen molar-refractivity contribution in [3.8, 4) is 0 Å². The summed E-state index contributed by atoms with van der Waals surface area (Å²) in [5.41, 5.74) is 0. The SMILES string of the molecule is Cl.O=C(NCCC1CCNC1)c1ccc(Br)o1. The van der Waals surface area contributed by atoms with Crippen LogP contribution < -0.4 is 10.6 Å². The van der Waals surface area contributed by atoms with Crippen molar-refractivity contribution in [1.29, 1.82) is 0 Å². The van der Waals surface area contributed by atoms with Gasteiger partial charge in [-0.15, -0.1) is 12.4 Å². The van der Waals surface area contributed by atoms with Gasteiger partial charge in [-0.05, 0) is 59.9 Å². The molecule has 1 aliphatic heterocycles. The van der Waals surface area contributed by atoms with Gasteiger partial charge in [0.2, 0.25) is 0 Å². The summed E-state index contributed by atoms with van der Waals surface area (Å²) in [6.07, 6.45) is 2.24. The third-order valence-electron chi connectivity index (χ3n) is 2.80. The first-order chi connectivity index (χ1) is 7.75. The Morgan fingerprint density at radius 3 is 3.00 bits per heavy atom. The number of nitrogens with one attached hydrogen (secondary N) is 2. The highest BCUT2D eigenvalue weighted by molar-refractivity contribution is 9.10. The lowest BCUT2D eigenvalue weighted by atomic mass is 10.1. The van der Waals surface area contributed by atoms with E-state index >= 15 is 0 Å². The molecule has 1 unspecified atom stereocenters. The first-order valence-corrected chi connectivity index (χ1v) is 6.29. The van der Waals surface area contributed by atoms with E-state index in [0.717, 1.165) is 19.5 Å². The predicted octanol–water partition coefficient (Wildman–Crippen LogP) is 2.19. The van der Waals surface area contributed by atoms with Gasteiger partial charge >= 0.3 is 0 Å².